The Labute approximate surface area is 83.8 Å². The molecule has 0 aliphatic rings. The number of carboxylic acids is 1. The first-order valence-corrected chi connectivity index (χ1v) is 4.68. The van der Waals surface area contributed by atoms with E-state index in [0.29, 0.717) is 6.54 Å². The van der Waals surface area contributed by atoms with E-state index in [1.165, 1.54) is 23.9 Å². The fourth-order valence-corrected chi connectivity index (χ4v) is 1.61. The Balaban J connectivity index is 2.14. The molecule has 0 radical (unpaired) electrons. The first kappa shape index (κ1) is 8.89. The molecular weight excluding hydrogens is 202 g/mol. The van der Waals surface area contributed by atoms with Gasteiger partial charge in [0.15, 0.2) is 0 Å². The summed E-state index contributed by atoms with van der Waals surface area (Å²) >= 11 is 1.38. The average Bonchev–Trinajstić information content (AvgIpc) is 2.75. The van der Waals surface area contributed by atoms with Crippen LogP contribution in [-0.4, -0.2) is 25.2 Å². The summed E-state index contributed by atoms with van der Waals surface area (Å²) in [7, 11) is 0. The second kappa shape index (κ2) is 3.59. The quantitative estimate of drug-likeness (QED) is 0.821. The molecule has 0 saturated carbocycles. The highest BCUT2D eigenvalue weighted by atomic mass is 32.1. The number of hydrogen-bond acceptors (Lipinski definition) is 4. The second-order valence-electron chi connectivity index (χ2n) is 2.71. The van der Waals surface area contributed by atoms with Crippen LogP contribution in [0.25, 0.3) is 0 Å². The van der Waals surface area contributed by atoms with Gasteiger partial charge >= 0.3 is 5.97 Å². The minimum Gasteiger partial charge on any atom is -0.478 e. The maximum Gasteiger partial charge on any atom is 0.338 e. The van der Waals surface area contributed by atoms with Gasteiger partial charge in [0.1, 0.15) is 0 Å². The van der Waals surface area contributed by atoms with Crippen molar-refractivity contribution in [3.63, 3.8) is 0 Å². The number of nitrogens with zero attached hydrogens (tertiary/aromatic N) is 3. The van der Waals surface area contributed by atoms with Crippen LogP contribution in [0.3, 0.4) is 0 Å². The molecule has 0 aliphatic carbocycles. The van der Waals surface area contributed by atoms with Gasteiger partial charge in [0.05, 0.1) is 18.3 Å². The van der Waals surface area contributed by atoms with Gasteiger partial charge in [-0.05, 0) is 17.6 Å². The molecule has 0 aliphatic heterocycles. The number of carboxylic acid groups (broad SMARTS) is 1. The monoisotopic (exact) mass is 209 g/mol. The summed E-state index contributed by atoms with van der Waals surface area (Å²) in [5, 5.41) is 12.6. The Hall–Kier alpha value is -1.69. The summed E-state index contributed by atoms with van der Waals surface area (Å²) in [6.07, 6.45) is 4.55. The van der Waals surface area contributed by atoms with Crippen molar-refractivity contribution in [2.24, 2.45) is 0 Å². The third kappa shape index (κ3) is 1.80. The highest BCUT2D eigenvalue weighted by molar-refractivity contribution is 7.05. The van der Waals surface area contributed by atoms with Crippen molar-refractivity contribution in [1.29, 1.82) is 0 Å². The van der Waals surface area contributed by atoms with Gasteiger partial charge in [-0.15, -0.1) is 0 Å². The standard InChI is InChI=1S/C8H7N3O2S/c12-8(13)6-3-9-11(4-6)5-7-1-2-10-14-7/h1-4H,5H2,(H,12,13). The van der Waals surface area contributed by atoms with Gasteiger partial charge in [-0.25, -0.2) is 9.17 Å². The van der Waals surface area contributed by atoms with Crippen LogP contribution in [0.15, 0.2) is 24.7 Å². The molecule has 5 nitrogen and oxygen atoms in total. The molecule has 0 amide bonds. The van der Waals surface area contributed by atoms with Crippen molar-refractivity contribution in [2.45, 2.75) is 6.54 Å². The molecule has 0 atom stereocenters. The third-order valence-electron chi connectivity index (χ3n) is 1.69. The van der Waals surface area contributed by atoms with Crippen molar-refractivity contribution >= 4 is 17.5 Å². The zero-order valence-corrected chi connectivity index (χ0v) is 7.94. The summed E-state index contributed by atoms with van der Waals surface area (Å²) in [5.41, 5.74) is 0.203. The SMILES string of the molecule is O=C(O)c1cnn(Cc2ccns2)c1. The van der Waals surface area contributed by atoms with Crippen molar-refractivity contribution in [3.8, 4) is 0 Å². The number of aromatic nitrogens is 3. The average molecular weight is 209 g/mol. The van der Waals surface area contributed by atoms with Crippen LogP contribution in [0.5, 0.6) is 0 Å². The van der Waals surface area contributed by atoms with E-state index in [4.69, 9.17) is 5.11 Å². The molecule has 2 aromatic rings. The van der Waals surface area contributed by atoms with E-state index >= 15 is 0 Å². The van der Waals surface area contributed by atoms with Crippen LogP contribution < -0.4 is 0 Å². The lowest BCUT2D eigenvalue weighted by atomic mass is 10.4. The molecule has 2 aromatic heterocycles. The Morgan fingerprint density at radius 2 is 2.50 bits per heavy atom. The van der Waals surface area contributed by atoms with Gasteiger partial charge in [0.25, 0.3) is 0 Å². The van der Waals surface area contributed by atoms with Crippen LogP contribution >= 0.6 is 11.5 Å². The minimum absolute atomic E-state index is 0.203. The van der Waals surface area contributed by atoms with Crippen LogP contribution in [-0.2, 0) is 6.54 Å². The summed E-state index contributed by atoms with van der Waals surface area (Å²) in [5.74, 6) is -0.958. The lowest BCUT2D eigenvalue weighted by Gasteiger charge is -1.95. The van der Waals surface area contributed by atoms with Crippen molar-refractivity contribution < 1.29 is 9.90 Å². The molecule has 14 heavy (non-hydrogen) atoms. The zero-order valence-electron chi connectivity index (χ0n) is 7.12. The van der Waals surface area contributed by atoms with Gasteiger partial charge in [-0.3, -0.25) is 4.68 Å². The molecule has 2 heterocycles. The van der Waals surface area contributed by atoms with Gasteiger partial charge in [0, 0.05) is 17.3 Å². The molecule has 1 N–H and O–H groups in total. The number of rotatable bonds is 3. The summed E-state index contributed by atoms with van der Waals surface area (Å²) < 4.78 is 5.52. The Bertz CT molecular complexity index is 435. The molecule has 0 fully saturated rings. The van der Waals surface area contributed by atoms with Gasteiger partial charge < -0.3 is 5.11 Å². The first-order valence-electron chi connectivity index (χ1n) is 3.91. The Kier molecular flexibility index (Phi) is 2.28. The lowest BCUT2D eigenvalue weighted by molar-refractivity contribution is 0.0697. The predicted molar refractivity (Wildman–Crippen MR) is 50.4 cm³/mol. The largest absolute Gasteiger partial charge is 0.478 e. The molecule has 0 spiro atoms. The summed E-state index contributed by atoms with van der Waals surface area (Å²) in [6.45, 7) is 0.567. The first-order chi connectivity index (χ1) is 6.75. The van der Waals surface area contributed by atoms with Crippen LogP contribution in [0.1, 0.15) is 15.2 Å². The number of carbonyl (C=O) groups is 1. The molecular formula is C8H7N3O2S. The van der Waals surface area contributed by atoms with Gasteiger partial charge in [-0.2, -0.15) is 5.10 Å². The molecule has 6 heteroatoms. The minimum atomic E-state index is -0.958. The Morgan fingerprint density at radius 3 is 3.07 bits per heavy atom. The van der Waals surface area contributed by atoms with Crippen molar-refractivity contribution in [2.75, 3.05) is 0 Å². The number of aromatic carboxylic acids is 1. The zero-order chi connectivity index (χ0) is 9.97. The molecule has 0 saturated heterocycles. The van der Waals surface area contributed by atoms with E-state index in [0.717, 1.165) is 4.88 Å². The number of hydrogen-bond donors (Lipinski definition) is 1. The van der Waals surface area contributed by atoms with E-state index < -0.39 is 5.97 Å². The highest BCUT2D eigenvalue weighted by Gasteiger charge is 2.06. The topological polar surface area (TPSA) is 68.0 Å². The molecule has 0 aromatic carbocycles. The smallest absolute Gasteiger partial charge is 0.338 e. The van der Waals surface area contributed by atoms with Crippen LogP contribution in [0.2, 0.25) is 0 Å². The summed E-state index contributed by atoms with van der Waals surface area (Å²) in [4.78, 5) is 11.6. The molecule has 72 valence electrons. The van der Waals surface area contributed by atoms with E-state index in [-0.39, 0.29) is 5.56 Å². The summed E-state index contributed by atoms with van der Waals surface area (Å²) in [6, 6.07) is 1.88. The van der Waals surface area contributed by atoms with Crippen molar-refractivity contribution in [1.82, 2.24) is 14.2 Å². The van der Waals surface area contributed by atoms with Crippen LogP contribution in [0, 0.1) is 0 Å². The second-order valence-corrected chi connectivity index (χ2v) is 3.63. The van der Waals surface area contributed by atoms with Gasteiger partial charge in [-0.1, -0.05) is 0 Å². The predicted octanol–water partition coefficient (Wildman–Crippen LogP) is 1.09. The van der Waals surface area contributed by atoms with E-state index in [2.05, 4.69) is 9.47 Å². The van der Waals surface area contributed by atoms with E-state index in [9.17, 15) is 4.79 Å². The van der Waals surface area contributed by atoms with E-state index in [1.54, 1.807) is 10.9 Å². The Morgan fingerprint density at radius 1 is 1.64 bits per heavy atom. The highest BCUT2D eigenvalue weighted by Crippen LogP contribution is 2.07. The van der Waals surface area contributed by atoms with Gasteiger partial charge in [0.2, 0.25) is 0 Å². The van der Waals surface area contributed by atoms with Crippen molar-refractivity contribution in [3.05, 3.63) is 35.1 Å². The molecule has 2 rings (SSSR count). The maximum absolute atomic E-state index is 10.6. The molecule has 0 unspecified atom stereocenters. The lowest BCUT2D eigenvalue weighted by Crippen LogP contribution is -1.98. The fraction of sp³-hybridized carbons (Fsp3) is 0.125. The molecule has 0 bridgehead atoms. The van der Waals surface area contributed by atoms with E-state index in [1.807, 2.05) is 6.07 Å². The normalized spacial score (nSPS) is 10.3. The fourth-order valence-electron chi connectivity index (χ4n) is 1.04. The maximum atomic E-state index is 10.6. The third-order valence-corrected chi connectivity index (χ3v) is 2.42. The van der Waals surface area contributed by atoms with Crippen LogP contribution in [0.4, 0.5) is 0 Å².